The van der Waals surface area contributed by atoms with E-state index in [-0.39, 0.29) is 24.1 Å². The Balaban J connectivity index is 1.71. The van der Waals surface area contributed by atoms with Crippen LogP contribution in [0.15, 0.2) is 58.0 Å². The maximum absolute atomic E-state index is 13.1. The molecule has 0 aromatic heterocycles. The molecule has 2 amide bonds. The molecule has 0 spiro atoms. The van der Waals surface area contributed by atoms with Crippen LogP contribution in [0.3, 0.4) is 0 Å². The van der Waals surface area contributed by atoms with Crippen molar-refractivity contribution in [3.8, 4) is 0 Å². The average molecular weight is 450 g/mol. The van der Waals surface area contributed by atoms with E-state index in [1.54, 1.807) is 23.1 Å². The van der Waals surface area contributed by atoms with Crippen molar-refractivity contribution in [3.63, 3.8) is 0 Å². The molecule has 3 rings (SSSR count). The number of hydrogen-bond donors (Lipinski definition) is 1. The third-order valence-corrected chi connectivity index (χ3v) is 5.77. The van der Waals surface area contributed by atoms with E-state index in [0.29, 0.717) is 23.1 Å². The number of nitrogens with zero attached hydrogens (tertiary/aromatic N) is 2. The van der Waals surface area contributed by atoms with Crippen molar-refractivity contribution >= 4 is 56.0 Å². The van der Waals surface area contributed by atoms with Gasteiger partial charge in [0.05, 0.1) is 11.4 Å². The van der Waals surface area contributed by atoms with E-state index in [2.05, 4.69) is 26.2 Å². The minimum absolute atomic E-state index is 0.0454. The highest BCUT2D eigenvalue weighted by atomic mass is 79.9. The highest BCUT2D eigenvalue weighted by Gasteiger charge is 2.38. The molecular formula is C19H17BrFN3O2S. The standard InChI is InChI=1S/C19H17BrFN3O2S/c1-2-24-18(26)16(11-17(25)23-15-6-4-3-5-14(15)20)27-19(24)22-13-9-7-12(21)8-10-13/h3-10,16H,2,11H2,1H3,(H,23,25). The fraction of sp³-hybridized carbons (Fsp3) is 0.211. The number of nitrogens with one attached hydrogen (secondary N) is 1. The van der Waals surface area contributed by atoms with E-state index in [9.17, 15) is 14.0 Å². The van der Waals surface area contributed by atoms with Crippen LogP contribution in [0.25, 0.3) is 0 Å². The summed E-state index contributed by atoms with van der Waals surface area (Å²) in [6.45, 7) is 2.30. The zero-order valence-corrected chi connectivity index (χ0v) is 16.9. The number of benzene rings is 2. The summed E-state index contributed by atoms with van der Waals surface area (Å²) in [6, 6.07) is 13.0. The van der Waals surface area contributed by atoms with Gasteiger partial charge in [0, 0.05) is 17.4 Å². The van der Waals surface area contributed by atoms with Gasteiger partial charge in [-0.1, -0.05) is 23.9 Å². The Hall–Kier alpha value is -2.19. The van der Waals surface area contributed by atoms with Crippen LogP contribution < -0.4 is 5.32 Å². The minimum atomic E-state index is -0.536. The molecule has 1 atom stereocenters. The first-order valence-corrected chi connectivity index (χ1v) is 10.0. The second-order valence-corrected chi connectivity index (χ2v) is 7.82. The molecule has 1 saturated heterocycles. The predicted molar refractivity (Wildman–Crippen MR) is 110 cm³/mol. The molecule has 1 fully saturated rings. The highest BCUT2D eigenvalue weighted by Crippen LogP contribution is 2.32. The van der Waals surface area contributed by atoms with Crippen molar-refractivity contribution in [2.75, 3.05) is 11.9 Å². The zero-order valence-electron chi connectivity index (χ0n) is 14.5. The Morgan fingerprint density at radius 1 is 1.26 bits per heavy atom. The van der Waals surface area contributed by atoms with E-state index in [4.69, 9.17) is 0 Å². The molecule has 5 nitrogen and oxygen atoms in total. The number of amides is 2. The number of carbonyl (C=O) groups is 2. The van der Waals surface area contributed by atoms with Crippen molar-refractivity contribution in [1.82, 2.24) is 4.90 Å². The number of amidine groups is 1. The number of halogens is 2. The number of para-hydroxylation sites is 1. The quantitative estimate of drug-likeness (QED) is 0.726. The molecule has 1 unspecified atom stereocenters. The van der Waals surface area contributed by atoms with E-state index >= 15 is 0 Å². The molecule has 2 aromatic carbocycles. The fourth-order valence-corrected chi connectivity index (χ4v) is 4.18. The van der Waals surface area contributed by atoms with Gasteiger partial charge in [-0.15, -0.1) is 0 Å². The first-order valence-electron chi connectivity index (χ1n) is 8.34. The van der Waals surface area contributed by atoms with E-state index < -0.39 is 5.25 Å². The topological polar surface area (TPSA) is 61.8 Å². The fourth-order valence-electron chi connectivity index (χ4n) is 2.57. The zero-order chi connectivity index (χ0) is 19.4. The summed E-state index contributed by atoms with van der Waals surface area (Å²) in [7, 11) is 0. The summed E-state index contributed by atoms with van der Waals surface area (Å²) >= 11 is 4.63. The van der Waals surface area contributed by atoms with Gasteiger partial charge in [0.2, 0.25) is 11.8 Å². The first-order chi connectivity index (χ1) is 13.0. The van der Waals surface area contributed by atoms with Crippen molar-refractivity contribution in [2.45, 2.75) is 18.6 Å². The highest BCUT2D eigenvalue weighted by molar-refractivity contribution is 9.10. The van der Waals surface area contributed by atoms with Gasteiger partial charge in [0.25, 0.3) is 0 Å². The lowest BCUT2D eigenvalue weighted by molar-refractivity contribution is -0.128. The van der Waals surface area contributed by atoms with Gasteiger partial charge in [-0.05, 0) is 59.3 Å². The number of anilines is 1. The molecule has 0 radical (unpaired) electrons. The van der Waals surface area contributed by atoms with Crippen LogP contribution in [0.5, 0.6) is 0 Å². The van der Waals surface area contributed by atoms with Crippen LogP contribution in [-0.4, -0.2) is 33.7 Å². The van der Waals surface area contributed by atoms with Gasteiger partial charge in [0.1, 0.15) is 11.1 Å². The predicted octanol–water partition coefficient (Wildman–Crippen LogP) is 4.57. The molecule has 27 heavy (non-hydrogen) atoms. The maximum Gasteiger partial charge on any atom is 0.242 e. The van der Waals surface area contributed by atoms with Crippen molar-refractivity contribution in [3.05, 3.63) is 58.8 Å². The summed E-state index contributed by atoms with van der Waals surface area (Å²) < 4.78 is 13.8. The molecule has 1 heterocycles. The van der Waals surface area contributed by atoms with E-state index in [1.807, 2.05) is 25.1 Å². The largest absolute Gasteiger partial charge is 0.325 e. The van der Waals surface area contributed by atoms with Crippen LogP contribution in [0, 0.1) is 5.82 Å². The van der Waals surface area contributed by atoms with Crippen molar-refractivity contribution in [1.29, 1.82) is 0 Å². The number of hydrogen-bond acceptors (Lipinski definition) is 4. The van der Waals surface area contributed by atoms with Crippen LogP contribution in [0.1, 0.15) is 13.3 Å². The third-order valence-electron chi connectivity index (χ3n) is 3.91. The second-order valence-electron chi connectivity index (χ2n) is 5.79. The van der Waals surface area contributed by atoms with Gasteiger partial charge in [-0.3, -0.25) is 14.5 Å². The summed E-state index contributed by atoms with van der Waals surface area (Å²) in [4.78, 5) is 31.0. The monoisotopic (exact) mass is 449 g/mol. The molecule has 0 bridgehead atoms. The van der Waals surface area contributed by atoms with Gasteiger partial charge in [-0.2, -0.15) is 0 Å². The van der Waals surface area contributed by atoms with Crippen molar-refractivity contribution < 1.29 is 14.0 Å². The Morgan fingerprint density at radius 2 is 1.96 bits per heavy atom. The van der Waals surface area contributed by atoms with Gasteiger partial charge in [0.15, 0.2) is 5.17 Å². The lowest BCUT2D eigenvalue weighted by Crippen LogP contribution is -2.33. The summed E-state index contributed by atoms with van der Waals surface area (Å²) in [5, 5.41) is 2.80. The van der Waals surface area contributed by atoms with Gasteiger partial charge < -0.3 is 5.32 Å². The third kappa shape index (κ3) is 4.75. The Kier molecular flexibility index (Phi) is 6.28. The summed E-state index contributed by atoms with van der Waals surface area (Å²) in [6.07, 6.45) is 0.0454. The van der Waals surface area contributed by atoms with Crippen LogP contribution in [0.4, 0.5) is 15.8 Å². The van der Waals surface area contributed by atoms with Gasteiger partial charge >= 0.3 is 0 Å². The first kappa shape index (κ1) is 19.6. The van der Waals surface area contributed by atoms with Crippen LogP contribution >= 0.6 is 27.7 Å². The number of aliphatic imine (C=N–C) groups is 1. The Morgan fingerprint density at radius 3 is 2.63 bits per heavy atom. The second kappa shape index (κ2) is 8.67. The Bertz CT molecular complexity index is 889. The Labute approximate surface area is 169 Å². The molecule has 0 saturated carbocycles. The van der Waals surface area contributed by atoms with Crippen LogP contribution in [0.2, 0.25) is 0 Å². The number of carbonyl (C=O) groups excluding carboxylic acids is 2. The molecule has 2 aromatic rings. The van der Waals surface area contributed by atoms with Crippen molar-refractivity contribution in [2.24, 2.45) is 4.99 Å². The normalized spacial score (nSPS) is 18.2. The molecule has 1 aliphatic heterocycles. The maximum atomic E-state index is 13.1. The minimum Gasteiger partial charge on any atom is -0.325 e. The SMILES string of the molecule is CCN1C(=O)C(CC(=O)Nc2ccccc2Br)SC1=Nc1ccc(F)cc1. The van der Waals surface area contributed by atoms with E-state index in [1.165, 1.54) is 23.9 Å². The molecule has 140 valence electrons. The lowest BCUT2D eigenvalue weighted by atomic mass is 10.2. The number of thioether (sulfide) groups is 1. The lowest BCUT2D eigenvalue weighted by Gasteiger charge is -2.13. The molecular weight excluding hydrogens is 433 g/mol. The average Bonchev–Trinajstić information content (AvgIpc) is 2.93. The molecule has 1 aliphatic rings. The van der Waals surface area contributed by atoms with Gasteiger partial charge in [-0.25, -0.2) is 9.38 Å². The summed E-state index contributed by atoms with van der Waals surface area (Å²) in [5.41, 5.74) is 1.22. The summed E-state index contributed by atoms with van der Waals surface area (Å²) in [5.74, 6) is -0.736. The number of rotatable bonds is 5. The van der Waals surface area contributed by atoms with E-state index in [0.717, 1.165) is 4.47 Å². The smallest absolute Gasteiger partial charge is 0.242 e. The molecule has 0 aliphatic carbocycles. The van der Waals surface area contributed by atoms with Crippen LogP contribution in [-0.2, 0) is 9.59 Å². The molecule has 8 heteroatoms. The molecule has 1 N–H and O–H groups in total.